The van der Waals surface area contributed by atoms with Crippen LogP contribution in [0.15, 0.2) is 0 Å². The molecule has 1 aliphatic heterocycles. The molecule has 72 valence electrons. The molecule has 1 rings (SSSR count). The minimum Gasteiger partial charge on any atom is -0.305 e. The molecular weight excluding hydrogens is 148 g/mol. The lowest BCUT2D eigenvalue weighted by Gasteiger charge is -2.36. The van der Waals surface area contributed by atoms with Crippen LogP contribution in [0.3, 0.4) is 0 Å². The number of rotatable bonds is 1. The molecule has 2 heteroatoms. The topological polar surface area (TPSA) is 6.48 Å². The Balaban J connectivity index is 2.48. The summed E-state index contributed by atoms with van der Waals surface area (Å²) in [5.41, 5.74) is 0.315. The van der Waals surface area contributed by atoms with E-state index in [1.54, 1.807) is 0 Å². The number of likely N-dealkylation sites (N-methyl/N-ethyl adjacent to an activating group) is 2. The fourth-order valence-electron chi connectivity index (χ4n) is 1.78. The van der Waals surface area contributed by atoms with Gasteiger partial charge in [0.15, 0.2) is 0 Å². The van der Waals surface area contributed by atoms with Crippen LogP contribution < -0.4 is 0 Å². The van der Waals surface area contributed by atoms with Crippen LogP contribution in [0, 0.1) is 0 Å². The Morgan fingerprint density at radius 2 is 1.92 bits per heavy atom. The Morgan fingerprint density at radius 3 is 2.25 bits per heavy atom. The first-order valence-corrected chi connectivity index (χ1v) is 4.83. The second kappa shape index (κ2) is 3.35. The van der Waals surface area contributed by atoms with Gasteiger partial charge in [0.1, 0.15) is 0 Å². The molecule has 0 bridgehead atoms. The summed E-state index contributed by atoms with van der Waals surface area (Å²) in [5.74, 6) is 0. The zero-order valence-corrected chi connectivity index (χ0v) is 9.09. The van der Waals surface area contributed by atoms with Gasteiger partial charge in [0, 0.05) is 18.1 Å². The van der Waals surface area contributed by atoms with E-state index in [1.807, 2.05) is 0 Å². The Hall–Kier alpha value is -0.0800. The molecule has 1 atom stereocenters. The Morgan fingerprint density at radius 1 is 1.33 bits per heavy atom. The van der Waals surface area contributed by atoms with Crippen molar-refractivity contribution in [3.05, 3.63) is 0 Å². The van der Waals surface area contributed by atoms with E-state index in [9.17, 15) is 0 Å². The minimum atomic E-state index is 0.315. The summed E-state index contributed by atoms with van der Waals surface area (Å²) in [6.07, 6.45) is 1.32. The number of hydrogen-bond acceptors (Lipinski definition) is 2. The molecule has 1 saturated heterocycles. The van der Waals surface area contributed by atoms with Gasteiger partial charge in [0.25, 0.3) is 0 Å². The highest BCUT2D eigenvalue weighted by Gasteiger charge is 2.29. The number of nitrogens with zero attached hydrogens (tertiary/aromatic N) is 2. The van der Waals surface area contributed by atoms with E-state index in [4.69, 9.17) is 0 Å². The van der Waals surface area contributed by atoms with Crippen molar-refractivity contribution >= 4 is 0 Å². The maximum absolute atomic E-state index is 2.50. The smallest absolute Gasteiger partial charge is 0.0237 e. The van der Waals surface area contributed by atoms with Crippen LogP contribution in [-0.2, 0) is 0 Å². The van der Waals surface area contributed by atoms with Gasteiger partial charge in [-0.1, -0.05) is 0 Å². The van der Waals surface area contributed by atoms with Crippen LogP contribution >= 0.6 is 0 Å². The maximum Gasteiger partial charge on any atom is 0.0237 e. The first kappa shape index (κ1) is 10.0. The molecule has 0 spiro atoms. The molecule has 0 aromatic carbocycles. The monoisotopic (exact) mass is 170 g/mol. The second-order valence-corrected chi connectivity index (χ2v) is 4.99. The molecular formula is C10H22N2. The highest BCUT2D eigenvalue weighted by molar-refractivity contribution is 4.86. The van der Waals surface area contributed by atoms with Crippen molar-refractivity contribution in [1.82, 2.24) is 9.80 Å². The molecule has 0 amide bonds. The Labute approximate surface area is 76.5 Å². The van der Waals surface area contributed by atoms with E-state index in [-0.39, 0.29) is 0 Å². The van der Waals surface area contributed by atoms with Gasteiger partial charge in [-0.3, -0.25) is 4.90 Å². The SMILES string of the molecule is CN1CC[C@H](N(C)C(C)(C)C)C1. The predicted molar refractivity (Wildman–Crippen MR) is 53.4 cm³/mol. The molecule has 2 nitrogen and oxygen atoms in total. The third-order valence-corrected chi connectivity index (χ3v) is 2.97. The first-order valence-electron chi connectivity index (χ1n) is 4.83. The highest BCUT2D eigenvalue weighted by Crippen LogP contribution is 2.20. The van der Waals surface area contributed by atoms with Crippen molar-refractivity contribution in [2.75, 3.05) is 27.2 Å². The summed E-state index contributed by atoms with van der Waals surface area (Å²) in [5, 5.41) is 0. The van der Waals surface area contributed by atoms with Crippen molar-refractivity contribution in [2.24, 2.45) is 0 Å². The normalized spacial score (nSPS) is 27.0. The van der Waals surface area contributed by atoms with Crippen LogP contribution in [0.1, 0.15) is 27.2 Å². The molecule has 12 heavy (non-hydrogen) atoms. The molecule has 1 heterocycles. The van der Waals surface area contributed by atoms with Crippen molar-refractivity contribution in [3.8, 4) is 0 Å². The second-order valence-electron chi connectivity index (χ2n) is 4.99. The largest absolute Gasteiger partial charge is 0.305 e. The van der Waals surface area contributed by atoms with Gasteiger partial charge < -0.3 is 4.90 Å². The molecule has 0 N–H and O–H groups in total. The van der Waals surface area contributed by atoms with Gasteiger partial charge in [-0.15, -0.1) is 0 Å². The van der Waals surface area contributed by atoms with E-state index in [0.29, 0.717) is 5.54 Å². The third-order valence-electron chi connectivity index (χ3n) is 2.97. The standard InChI is InChI=1S/C10H22N2/c1-10(2,3)12(5)9-6-7-11(4)8-9/h9H,6-8H2,1-5H3/t9-/m0/s1. The molecule has 1 fully saturated rings. The summed E-state index contributed by atoms with van der Waals surface area (Å²) in [4.78, 5) is 4.91. The fraction of sp³-hybridized carbons (Fsp3) is 1.00. The molecule has 0 aliphatic carbocycles. The molecule has 1 aliphatic rings. The summed E-state index contributed by atoms with van der Waals surface area (Å²) in [6, 6.07) is 0.759. The molecule has 0 aromatic rings. The van der Waals surface area contributed by atoms with Crippen LogP contribution in [0.4, 0.5) is 0 Å². The van der Waals surface area contributed by atoms with E-state index < -0.39 is 0 Å². The molecule has 0 unspecified atom stereocenters. The van der Waals surface area contributed by atoms with Crippen molar-refractivity contribution in [2.45, 2.75) is 38.8 Å². The zero-order chi connectivity index (χ0) is 9.35. The fourth-order valence-corrected chi connectivity index (χ4v) is 1.78. The average molecular weight is 170 g/mol. The van der Waals surface area contributed by atoms with Crippen molar-refractivity contribution < 1.29 is 0 Å². The third kappa shape index (κ3) is 2.20. The van der Waals surface area contributed by atoms with Gasteiger partial charge in [0.05, 0.1) is 0 Å². The number of likely N-dealkylation sites (tertiary alicyclic amines) is 1. The van der Waals surface area contributed by atoms with Crippen molar-refractivity contribution in [1.29, 1.82) is 0 Å². The van der Waals surface area contributed by atoms with Gasteiger partial charge in [0.2, 0.25) is 0 Å². The number of hydrogen-bond donors (Lipinski definition) is 0. The van der Waals surface area contributed by atoms with E-state index in [2.05, 4.69) is 44.7 Å². The summed E-state index contributed by atoms with van der Waals surface area (Å²) in [7, 11) is 4.44. The summed E-state index contributed by atoms with van der Waals surface area (Å²) < 4.78 is 0. The summed E-state index contributed by atoms with van der Waals surface area (Å²) in [6.45, 7) is 9.33. The van der Waals surface area contributed by atoms with Crippen molar-refractivity contribution in [3.63, 3.8) is 0 Å². The highest BCUT2D eigenvalue weighted by atomic mass is 15.3. The Kier molecular flexibility index (Phi) is 2.79. The lowest BCUT2D eigenvalue weighted by molar-refractivity contribution is 0.120. The minimum absolute atomic E-state index is 0.315. The van der Waals surface area contributed by atoms with Crippen LogP contribution in [0.5, 0.6) is 0 Å². The Bertz CT molecular complexity index is 148. The summed E-state index contributed by atoms with van der Waals surface area (Å²) >= 11 is 0. The van der Waals surface area contributed by atoms with Crippen LogP contribution in [0.2, 0.25) is 0 Å². The van der Waals surface area contributed by atoms with E-state index in [0.717, 1.165) is 6.04 Å². The predicted octanol–water partition coefficient (Wildman–Crippen LogP) is 1.42. The van der Waals surface area contributed by atoms with Crippen LogP contribution in [0.25, 0.3) is 0 Å². The van der Waals surface area contributed by atoms with E-state index in [1.165, 1.54) is 19.5 Å². The quantitative estimate of drug-likeness (QED) is 0.587. The molecule has 0 aromatic heterocycles. The van der Waals surface area contributed by atoms with Gasteiger partial charge in [-0.05, 0) is 47.8 Å². The first-order chi connectivity index (χ1) is 5.41. The van der Waals surface area contributed by atoms with Gasteiger partial charge in [-0.25, -0.2) is 0 Å². The lowest BCUT2D eigenvalue weighted by atomic mass is 10.0. The zero-order valence-electron chi connectivity index (χ0n) is 9.09. The van der Waals surface area contributed by atoms with Crippen LogP contribution in [-0.4, -0.2) is 48.6 Å². The van der Waals surface area contributed by atoms with Gasteiger partial charge >= 0.3 is 0 Å². The average Bonchev–Trinajstić information content (AvgIpc) is 2.32. The maximum atomic E-state index is 2.50. The molecule has 0 saturated carbocycles. The molecule has 0 radical (unpaired) electrons. The lowest BCUT2D eigenvalue weighted by Crippen LogP contribution is -2.46. The van der Waals surface area contributed by atoms with E-state index >= 15 is 0 Å². The van der Waals surface area contributed by atoms with Gasteiger partial charge in [-0.2, -0.15) is 0 Å².